The highest BCUT2D eigenvalue weighted by molar-refractivity contribution is 5.78. The van der Waals surface area contributed by atoms with Crippen molar-refractivity contribution < 1.29 is 0 Å². The van der Waals surface area contributed by atoms with Gasteiger partial charge in [0.2, 0.25) is 0 Å². The van der Waals surface area contributed by atoms with Crippen molar-refractivity contribution in [3.63, 3.8) is 0 Å². The zero-order chi connectivity index (χ0) is 36.1. The van der Waals surface area contributed by atoms with E-state index in [9.17, 15) is 0 Å². The van der Waals surface area contributed by atoms with E-state index in [-0.39, 0.29) is 0 Å². The summed E-state index contributed by atoms with van der Waals surface area (Å²) < 4.78 is 0. The van der Waals surface area contributed by atoms with E-state index in [1.165, 1.54) is 0 Å². The van der Waals surface area contributed by atoms with Gasteiger partial charge in [-0.15, -0.1) is 0 Å². The second-order valence-electron chi connectivity index (χ2n) is 13.0. The van der Waals surface area contributed by atoms with Gasteiger partial charge in [0.15, 0.2) is 23.3 Å². The highest BCUT2D eigenvalue weighted by atomic mass is 15.0. The molecule has 0 saturated carbocycles. The monoisotopic (exact) mass is 691 g/mol. The van der Waals surface area contributed by atoms with Crippen molar-refractivity contribution in [2.45, 2.75) is 0 Å². The summed E-state index contributed by atoms with van der Waals surface area (Å²) in [6.07, 6.45) is 0. The van der Waals surface area contributed by atoms with E-state index in [4.69, 9.17) is 24.9 Å². The molecule has 0 unspecified atom stereocenters. The predicted molar refractivity (Wildman–Crippen MR) is 219 cm³/mol. The zero-order valence-electron chi connectivity index (χ0n) is 29.3. The largest absolute Gasteiger partial charge is 0.228 e. The van der Waals surface area contributed by atoms with Crippen molar-refractivity contribution in [1.82, 2.24) is 24.9 Å². The van der Waals surface area contributed by atoms with Crippen LogP contribution in [0.3, 0.4) is 0 Å². The molecule has 0 radical (unpaired) electrons. The summed E-state index contributed by atoms with van der Waals surface area (Å²) in [6.45, 7) is 0. The van der Waals surface area contributed by atoms with Gasteiger partial charge < -0.3 is 0 Å². The molecule has 5 heteroatoms. The Hall–Kier alpha value is -7.37. The number of aromatic nitrogens is 5. The first kappa shape index (κ1) is 32.5. The van der Waals surface area contributed by atoms with Gasteiger partial charge in [-0.2, -0.15) is 0 Å². The molecule has 9 aromatic rings. The summed E-state index contributed by atoms with van der Waals surface area (Å²) >= 11 is 0. The molecule has 0 aliphatic rings. The Morgan fingerprint density at radius 1 is 0.185 bits per heavy atom. The zero-order valence-corrected chi connectivity index (χ0v) is 29.3. The standard InChI is InChI=1S/C49H33N5/c1-5-16-34(17-6-1)38-24-14-28-42(31-38)48-52-47(37-22-11-4-12-23-37)53-49(54-48)43-29-15-26-40(32-43)39-25-13-27-41(30-39)45-33-44(35-18-7-2-8-19-35)50-46(51-45)36-20-9-3-10-21-36/h1-33H. The van der Waals surface area contributed by atoms with Gasteiger partial charge in [-0.1, -0.05) is 176 Å². The maximum Gasteiger partial charge on any atom is 0.164 e. The van der Waals surface area contributed by atoms with Crippen LogP contribution < -0.4 is 0 Å². The lowest BCUT2D eigenvalue weighted by atomic mass is 9.99. The first-order valence-electron chi connectivity index (χ1n) is 17.9. The molecule has 254 valence electrons. The minimum Gasteiger partial charge on any atom is -0.228 e. The maximum atomic E-state index is 5.07. The molecule has 0 N–H and O–H groups in total. The average molecular weight is 692 g/mol. The highest BCUT2D eigenvalue weighted by Crippen LogP contribution is 2.33. The van der Waals surface area contributed by atoms with Gasteiger partial charge in [0.1, 0.15) is 0 Å². The van der Waals surface area contributed by atoms with Crippen LogP contribution in [0.5, 0.6) is 0 Å². The van der Waals surface area contributed by atoms with Crippen LogP contribution in [-0.2, 0) is 0 Å². The van der Waals surface area contributed by atoms with Crippen molar-refractivity contribution >= 4 is 0 Å². The molecule has 0 amide bonds. The van der Waals surface area contributed by atoms with E-state index < -0.39 is 0 Å². The minimum atomic E-state index is 0.609. The molecule has 2 aromatic heterocycles. The summed E-state index contributed by atoms with van der Waals surface area (Å²) in [7, 11) is 0. The minimum absolute atomic E-state index is 0.609. The van der Waals surface area contributed by atoms with E-state index in [2.05, 4.69) is 115 Å². The Balaban J connectivity index is 1.12. The molecule has 5 nitrogen and oxygen atoms in total. The Morgan fingerprint density at radius 3 is 0.963 bits per heavy atom. The smallest absolute Gasteiger partial charge is 0.164 e. The number of hydrogen-bond donors (Lipinski definition) is 0. The van der Waals surface area contributed by atoms with Crippen molar-refractivity contribution in [2.24, 2.45) is 0 Å². The summed E-state index contributed by atoms with van der Waals surface area (Å²) in [4.78, 5) is 25.1. The quantitative estimate of drug-likeness (QED) is 0.159. The third kappa shape index (κ3) is 6.94. The molecule has 0 aliphatic heterocycles. The predicted octanol–water partition coefficient (Wildman–Crippen LogP) is 12.0. The van der Waals surface area contributed by atoms with Crippen LogP contribution in [0.25, 0.3) is 90.3 Å². The lowest BCUT2D eigenvalue weighted by Crippen LogP contribution is -2.00. The number of hydrogen-bond acceptors (Lipinski definition) is 5. The highest BCUT2D eigenvalue weighted by Gasteiger charge is 2.15. The molecular weight excluding hydrogens is 659 g/mol. The van der Waals surface area contributed by atoms with E-state index >= 15 is 0 Å². The fraction of sp³-hybridized carbons (Fsp3) is 0. The summed E-state index contributed by atoms with van der Waals surface area (Å²) in [6, 6.07) is 68.2. The van der Waals surface area contributed by atoms with E-state index in [0.29, 0.717) is 23.3 Å². The Bertz CT molecular complexity index is 2640. The van der Waals surface area contributed by atoms with Gasteiger partial charge in [0.05, 0.1) is 11.4 Å². The number of nitrogens with zero attached hydrogens (tertiary/aromatic N) is 5. The van der Waals surface area contributed by atoms with Gasteiger partial charge in [-0.3, -0.25) is 0 Å². The van der Waals surface area contributed by atoms with Crippen LogP contribution in [0.1, 0.15) is 0 Å². The average Bonchev–Trinajstić information content (AvgIpc) is 3.27. The van der Waals surface area contributed by atoms with Gasteiger partial charge in [-0.25, -0.2) is 24.9 Å². The molecule has 0 spiro atoms. The molecule has 9 rings (SSSR count). The van der Waals surface area contributed by atoms with E-state index in [0.717, 1.165) is 67.0 Å². The van der Waals surface area contributed by atoms with Gasteiger partial charge in [0, 0.05) is 33.4 Å². The van der Waals surface area contributed by atoms with Crippen LogP contribution in [0.15, 0.2) is 200 Å². The van der Waals surface area contributed by atoms with Crippen LogP contribution in [-0.4, -0.2) is 24.9 Å². The van der Waals surface area contributed by atoms with Crippen LogP contribution in [0.4, 0.5) is 0 Å². The van der Waals surface area contributed by atoms with Crippen LogP contribution in [0, 0.1) is 0 Å². The molecule has 0 aliphatic carbocycles. The van der Waals surface area contributed by atoms with Crippen molar-refractivity contribution in [3.05, 3.63) is 200 Å². The van der Waals surface area contributed by atoms with Crippen LogP contribution in [0.2, 0.25) is 0 Å². The third-order valence-electron chi connectivity index (χ3n) is 9.34. The number of rotatable bonds is 8. The second kappa shape index (κ2) is 14.7. The SMILES string of the molecule is c1ccc(-c2cccc(-c3nc(-c4ccccc4)nc(-c4cccc(-c5cccc(-c6cc(-c7ccccc7)nc(-c7ccccc7)n6)c5)c4)n3)c2)cc1. The Morgan fingerprint density at radius 2 is 0.481 bits per heavy atom. The summed E-state index contributed by atoms with van der Waals surface area (Å²) in [5.41, 5.74) is 11.9. The molecule has 7 aromatic carbocycles. The van der Waals surface area contributed by atoms with Gasteiger partial charge in [-0.05, 0) is 46.5 Å². The van der Waals surface area contributed by atoms with Gasteiger partial charge in [0.25, 0.3) is 0 Å². The topological polar surface area (TPSA) is 64.5 Å². The Kier molecular flexibility index (Phi) is 8.86. The first-order valence-corrected chi connectivity index (χ1v) is 17.9. The Labute approximate surface area is 314 Å². The molecule has 0 atom stereocenters. The van der Waals surface area contributed by atoms with Gasteiger partial charge >= 0.3 is 0 Å². The molecule has 0 bridgehead atoms. The van der Waals surface area contributed by atoms with Crippen LogP contribution >= 0.6 is 0 Å². The third-order valence-corrected chi connectivity index (χ3v) is 9.34. The lowest BCUT2D eigenvalue weighted by Gasteiger charge is -2.12. The molecule has 0 fully saturated rings. The fourth-order valence-corrected chi connectivity index (χ4v) is 6.58. The molecule has 0 saturated heterocycles. The first-order chi connectivity index (χ1) is 26.7. The molecular formula is C49H33N5. The van der Waals surface area contributed by atoms with Crippen molar-refractivity contribution in [3.8, 4) is 90.3 Å². The van der Waals surface area contributed by atoms with E-state index in [1.54, 1.807) is 0 Å². The normalized spacial score (nSPS) is 11.0. The molecule has 2 heterocycles. The number of benzene rings is 7. The summed E-state index contributed by atoms with van der Waals surface area (Å²) in [5.74, 6) is 2.54. The van der Waals surface area contributed by atoms with Crippen molar-refractivity contribution in [2.75, 3.05) is 0 Å². The van der Waals surface area contributed by atoms with Crippen molar-refractivity contribution in [1.29, 1.82) is 0 Å². The lowest BCUT2D eigenvalue weighted by molar-refractivity contribution is 1.07. The molecule has 54 heavy (non-hydrogen) atoms. The van der Waals surface area contributed by atoms with E-state index in [1.807, 2.05) is 84.9 Å². The fourth-order valence-electron chi connectivity index (χ4n) is 6.58. The maximum absolute atomic E-state index is 5.07. The second-order valence-corrected chi connectivity index (χ2v) is 13.0. The summed E-state index contributed by atoms with van der Waals surface area (Å²) in [5, 5.41) is 0.